The van der Waals surface area contributed by atoms with Crippen molar-refractivity contribution in [2.24, 2.45) is 5.73 Å². The monoisotopic (exact) mass is 343 g/mol. The Balaban J connectivity index is 1.82. The third-order valence-electron chi connectivity index (χ3n) is 3.62. The number of carbonyl (C=O) groups excluding carboxylic acids is 2. The number of amides is 2. The molecule has 0 aliphatic carbocycles. The maximum absolute atomic E-state index is 12.0. The smallest absolute Gasteiger partial charge is 0.352 e. The van der Waals surface area contributed by atoms with Gasteiger partial charge in [0.25, 0.3) is 5.91 Å². The molecule has 1 fully saturated rings. The van der Waals surface area contributed by atoms with Gasteiger partial charge in [0.05, 0.1) is 0 Å². The van der Waals surface area contributed by atoms with Gasteiger partial charge >= 0.3 is 11.9 Å². The standard InChI is InChI=1S/C13H17N3O6S/c14-6(12(19)20)2-1-3-8(17)15-9-10(18)16-7(13(21)22)4-5-23-11(9)16/h4,6,9,11H,1-3,5,14H2,(H,15,17)(H,19,20)(H,21,22)/t6?,9-,11-/m1/s1. The predicted molar refractivity (Wildman–Crippen MR) is 80.2 cm³/mol. The minimum absolute atomic E-state index is 0.0586. The average molecular weight is 343 g/mol. The van der Waals surface area contributed by atoms with Crippen LogP contribution in [-0.4, -0.2) is 62.1 Å². The Morgan fingerprint density at radius 2 is 2.13 bits per heavy atom. The number of rotatable bonds is 7. The summed E-state index contributed by atoms with van der Waals surface area (Å²) in [6.07, 6.45) is 1.98. The molecule has 2 heterocycles. The summed E-state index contributed by atoms with van der Waals surface area (Å²) in [4.78, 5) is 46.6. The summed E-state index contributed by atoms with van der Waals surface area (Å²) >= 11 is 1.37. The number of carboxylic acids is 2. The SMILES string of the molecule is NC(CCCC(=O)N[C@@H]1C(=O)N2C(C(=O)O)=CCS[C@H]12)C(=O)O. The summed E-state index contributed by atoms with van der Waals surface area (Å²) in [7, 11) is 0. The zero-order valence-electron chi connectivity index (χ0n) is 12.1. The van der Waals surface area contributed by atoms with Gasteiger partial charge in [0, 0.05) is 12.2 Å². The van der Waals surface area contributed by atoms with Gasteiger partial charge < -0.3 is 21.3 Å². The lowest BCUT2D eigenvalue weighted by molar-refractivity contribution is -0.150. The van der Waals surface area contributed by atoms with Crippen LogP contribution in [0.25, 0.3) is 0 Å². The van der Waals surface area contributed by atoms with E-state index in [1.165, 1.54) is 22.7 Å². The highest BCUT2D eigenvalue weighted by Crippen LogP contribution is 2.37. The molecule has 126 valence electrons. The zero-order chi connectivity index (χ0) is 17.1. The number of β-lactam (4-membered cyclic amide) rings is 1. The van der Waals surface area contributed by atoms with E-state index >= 15 is 0 Å². The summed E-state index contributed by atoms with van der Waals surface area (Å²) in [6, 6.07) is -1.76. The number of aliphatic carboxylic acids is 2. The fraction of sp³-hybridized carbons (Fsp3) is 0.538. The van der Waals surface area contributed by atoms with Gasteiger partial charge in [0.15, 0.2) is 0 Å². The molecule has 0 aromatic rings. The molecule has 0 spiro atoms. The van der Waals surface area contributed by atoms with Crippen molar-refractivity contribution in [2.45, 2.75) is 36.7 Å². The minimum atomic E-state index is -1.17. The highest BCUT2D eigenvalue weighted by Gasteiger charge is 2.52. The van der Waals surface area contributed by atoms with E-state index < -0.39 is 35.3 Å². The molecule has 2 rings (SSSR count). The van der Waals surface area contributed by atoms with E-state index in [9.17, 15) is 19.2 Å². The lowest BCUT2D eigenvalue weighted by Crippen LogP contribution is -2.70. The normalized spacial score (nSPS) is 24.1. The van der Waals surface area contributed by atoms with Crippen LogP contribution in [0, 0.1) is 0 Å². The van der Waals surface area contributed by atoms with Crippen molar-refractivity contribution >= 4 is 35.5 Å². The maximum Gasteiger partial charge on any atom is 0.352 e. The van der Waals surface area contributed by atoms with Gasteiger partial charge in [-0.3, -0.25) is 19.3 Å². The highest BCUT2D eigenvalue weighted by molar-refractivity contribution is 8.00. The van der Waals surface area contributed by atoms with Crippen LogP contribution in [0.3, 0.4) is 0 Å². The van der Waals surface area contributed by atoms with Gasteiger partial charge in [-0.2, -0.15) is 0 Å². The van der Waals surface area contributed by atoms with Gasteiger partial charge in [-0.1, -0.05) is 0 Å². The molecule has 9 nitrogen and oxygen atoms in total. The van der Waals surface area contributed by atoms with Crippen molar-refractivity contribution in [2.75, 3.05) is 5.75 Å². The minimum Gasteiger partial charge on any atom is -0.480 e. The van der Waals surface area contributed by atoms with E-state index in [1.54, 1.807) is 0 Å². The first kappa shape index (κ1) is 17.3. The molecule has 2 amide bonds. The second kappa shape index (κ2) is 7.01. The van der Waals surface area contributed by atoms with Gasteiger partial charge in [-0.15, -0.1) is 11.8 Å². The van der Waals surface area contributed by atoms with Crippen LogP contribution in [0.1, 0.15) is 19.3 Å². The van der Waals surface area contributed by atoms with E-state index in [0.29, 0.717) is 12.2 Å². The fourth-order valence-electron chi connectivity index (χ4n) is 2.39. The molecule has 0 aromatic carbocycles. The summed E-state index contributed by atoms with van der Waals surface area (Å²) in [5.74, 6) is -2.67. The summed E-state index contributed by atoms with van der Waals surface area (Å²) in [6.45, 7) is 0. The van der Waals surface area contributed by atoms with Crippen LogP contribution in [-0.2, 0) is 19.2 Å². The van der Waals surface area contributed by atoms with Crippen molar-refractivity contribution < 1.29 is 29.4 Å². The number of nitrogens with zero attached hydrogens (tertiary/aromatic N) is 1. The third kappa shape index (κ3) is 3.64. The Morgan fingerprint density at radius 3 is 2.74 bits per heavy atom. The van der Waals surface area contributed by atoms with E-state index in [2.05, 4.69) is 5.32 Å². The van der Waals surface area contributed by atoms with E-state index in [0.717, 1.165) is 0 Å². The first-order valence-electron chi connectivity index (χ1n) is 6.98. The van der Waals surface area contributed by atoms with Crippen LogP contribution < -0.4 is 11.1 Å². The molecule has 3 atom stereocenters. The lowest BCUT2D eigenvalue weighted by atomic mass is 10.0. The van der Waals surface area contributed by atoms with Crippen LogP contribution in [0.5, 0.6) is 0 Å². The molecule has 10 heteroatoms. The average Bonchev–Trinajstić information content (AvgIpc) is 2.51. The van der Waals surface area contributed by atoms with Gasteiger partial charge in [-0.05, 0) is 18.9 Å². The first-order chi connectivity index (χ1) is 10.8. The van der Waals surface area contributed by atoms with E-state index in [-0.39, 0.29) is 24.4 Å². The summed E-state index contributed by atoms with van der Waals surface area (Å²) in [5, 5.41) is 19.8. The van der Waals surface area contributed by atoms with Crippen molar-refractivity contribution in [1.82, 2.24) is 10.2 Å². The number of thioether (sulfide) groups is 1. The van der Waals surface area contributed by atoms with Gasteiger partial charge in [0.2, 0.25) is 5.91 Å². The number of hydrogen-bond donors (Lipinski definition) is 4. The van der Waals surface area contributed by atoms with Crippen molar-refractivity contribution in [1.29, 1.82) is 0 Å². The van der Waals surface area contributed by atoms with Gasteiger partial charge in [-0.25, -0.2) is 4.79 Å². The van der Waals surface area contributed by atoms with Crippen LogP contribution >= 0.6 is 11.8 Å². The molecule has 0 saturated carbocycles. The largest absolute Gasteiger partial charge is 0.480 e. The second-order valence-electron chi connectivity index (χ2n) is 5.21. The number of nitrogens with two attached hydrogens (primary N) is 1. The predicted octanol–water partition coefficient (Wildman–Crippen LogP) is -1.06. The third-order valence-corrected chi connectivity index (χ3v) is 4.80. The Kier molecular flexibility index (Phi) is 5.26. The molecule has 2 aliphatic heterocycles. The second-order valence-corrected chi connectivity index (χ2v) is 6.36. The zero-order valence-corrected chi connectivity index (χ0v) is 12.9. The molecule has 0 bridgehead atoms. The Hall–Kier alpha value is -2.07. The Bertz CT molecular complexity index is 578. The molecule has 0 radical (unpaired) electrons. The molecule has 5 N–H and O–H groups in total. The number of carboxylic acid groups (broad SMARTS) is 2. The summed E-state index contributed by atoms with van der Waals surface area (Å²) in [5.41, 5.74) is 5.28. The number of hydrogen-bond acceptors (Lipinski definition) is 6. The fourth-order valence-corrected chi connectivity index (χ4v) is 3.58. The maximum atomic E-state index is 12.0. The lowest BCUT2D eigenvalue weighted by Gasteiger charge is -2.48. The van der Waals surface area contributed by atoms with Crippen LogP contribution in [0.15, 0.2) is 11.8 Å². The quantitative estimate of drug-likeness (QED) is 0.427. The number of fused-ring (bicyclic) bond motifs is 1. The highest BCUT2D eigenvalue weighted by atomic mass is 32.2. The van der Waals surface area contributed by atoms with Crippen LogP contribution in [0.4, 0.5) is 0 Å². The molecular formula is C13H17N3O6S. The van der Waals surface area contributed by atoms with Gasteiger partial charge in [0.1, 0.15) is 23.2 Å². The molecule has 1 saturated heterocycles. The molecule has 2 aliphatic rings. The topological polar surface area (TPSA) is 150 Å². The molecule has 1 unspecified atom stereocenters. The summed E-state index contributed by atoms with van der Waals surface area (Å²) < 4.78 is 0. The van der Waals surface area contributed by atoms with Crippen molar-refractivity contribution in [3.05, 3.63) is 11.8 Å². The van der Waals surface area contributed by atoms with E-state index in [4.69, 9.17) is 15.9 Å². The molecular weight excluding hydrogens is 326 g/mol. The number of nitrogens with one attached hydrogen (secondary N) is 1. The van der Waals surface area contributed by atoms with Crippen LogP contribution in [0.2, 0.25) is 0 Å². The van der Waals surface area contributed by atoms with E-state index in [1.807, 2.05) is 0 Å². The molecule has 0 aromatic heterocycles. The molecule has 23 heavy (non-hydrogen) atoms. The Morgan fingerprint density at radius 1 is 1.43 bits per heavy atom. The van der Waals surface area contributed by atoms with Crippen molar-refractivity contribution in [3.8, 4) is 0 Å². The first-order valence-corrected chi connectivity index (χ1v) is 8.03. The number of carbonyl (C=O) groups is 4. The van der Waals surface area contributed by atoms with Crippen molar-refractivity contribution in [3.63, 3.8) is 0 Å². The Labute approximate surface area is 135 Å².